The molecule has 2 rings (SSSR count). The van der Waals surface area contributed by atoms with Gasteiger partial charge in [0.2, 0.25) is 11.2 Å². The summed E-state index contributed by atoms with van der Waals surface area (Å²) in [5, 5.41) is 3.24. The van der Waals surface area contributed by atoms with Crippen LogP contribution in [0.15, 0.2) is 15.9 Å². The first-order chi connectivity index (χ1) is 9.52. The summed E-state index contributed by atoms with van der Waals surface area (Å²) in [6.45, 7) is 4.52. The molecule has 8 heteroatoms. The zero-order valence-electron chi connectivity index (χ0n) is 11.1. The molecule has 20 heavy (non-hydrogen) atoms. The molecule has 108 valence electrons. The number of hydrogen-bond donors (Lipinski definition) is 1. The van der Waals surface area contributed by atoms with Gasteiger partial charge < -0.3 is 10.1 Å². The first kappa shape index (κ1) is 15.5. The smallest absolute Gasteiger partial charge is 0.322 e. The van der Waals surface area contributed by atoms with E-state index in [-0.39, 0.29) is 17.4 Å². The fourth-order valence-electron chi connectivity index (χ4n) is 1.46. The van der Waals surface area contributed by atoms with E-state index in [1.807, 2.05) is 19.9 Å². The minimum Gasteiger partial charge on any atom is -0.461 e. The Morgan fingerprint density at radius 2 is 2.15 bits per heavy atom. The largest absolute Gasteiger partial charge is 0.461 e. The molecule has 0 aromatic carbocycles. The number of nitrogens with zero attached hydrogens (tertiary/aromatic N) is 3. The van der Waals surface area contributed by atoms with Gasteiger partial charge >= 0.3 is 6.01 Å². The van der Waals surface area contributed by atoms with Gasteiger partial charge in [0.25, 0.3) is 0 Å². The third kappa shape index (κ3) is 4.88. The SMILES string of the molecule is CC(C)Oc1nc(Cl)nc(NCCc2ccc(Br)s2)n1. The summed E-state index contributed by atoms with van der Waals surface area (Å²) in [4.78, 5) is 13.4. The van der Waals surface area contributed by atoms with Crippen LogP contribution in [0.3, 0.4) is 0 Å². The summed E-state index contributed by atoms with van der Waals surface area (Å²) in [5.41, 5.74) is 0. The fraction of sp³-hybridized carbons (Fsp3) is 0.417. The molecular formula is C12H14BrClN4OS. The van der Waals surface area contributed by atoms with Crippen molar-refractivity contribution in [1.29, 1.82) is 0 Å². The normalized spacial score (nSPS) is 10.8. The molecule has 0 aliphatic carbocycles. The Morgan fingerprint density at radius 3 is 2.80 bits per heavy atom. The van der Waals surface area contributed by atoms with Crippen molar-refractivity contribution >= 4 is 44.8 Å². The van der Waals surface area contributed by atoms with Crippen LogP contribution in [0.25, 0.3) is 0 Å². The topological polar surface area (TPSA) is 59.9 Å². The number of thiophene rings is 1. The van der Waals surface area contributed by atoms with E-state index in [2.05, 4.69) is 42.3 Å². The maximum Gasteiger partial charge on any atom is 0.322 e. The van der Waals surface area contributed by atoms with Crippen molar-refractivity contribution in [3.05, 3.63) is 26.1 Å². The molecule has 0 saturated carbocycles. The zero-order valence-corrected chi connectivity index (χ0v) is 14.2. The Hall–Kier alpha value is -0.920. The van der Waals surface area contributed by atoms with Gasteiger partial charge in [0.05, 0.1) is 9.89 Å². The third-order valence-electron chi connectivity index (χ3n) is 2.21. The second kappa shape index (κ2) is 7.19. The molecule has 2 aromatic rings. The van der Waals surface area contributed by atoms with Crippen molar-refractivity contribution in [2.75, 3.05) is 11.9 Å². The van der Waals surface area contributed by atoms with Crippen LogP contribution < -0.4 is 10.1 Å². The number of halogens is 2. The molecule has 0 amide bonds. The van der Waals surface area contributed by atoms with Gasteiger partial charge in [0.1, 0.15) is 0 Å². The molecule has 2 heterocycles. The number of nitrogens with one attached hydrogen (secondary N) is 1. The van der Waals surface area contributed by atoms with Crippen molar-refractivity contribution in [3.63, 3.8) is 0 Å². The predicted octanol–water partition coefficient (Wildman–Crippen LogP) is 3.79. The van der Waals surface area contributed by atoms with Crippen molar-refractivity contribution < 1.29 is 4.74 Å². The molecule has 0 atom stereocenters. The average molecular weight is 378 g/mol. The van der Waals surface area contributed by atoms with Gasteiger partial charge in [0, 0.05) is 11.4 Å². The number of hydrogen-bond acceptors (Lipinski definition) is 6. The van der Waals surface area contributed by atoms with Crippen LogP contribution in [0.2, 0.25) is 5.28 Å². The van der Waals surface area contributed by atoms with E-state index in [9.17, 15) is 0 Å². The van der Waals surface area contributed by atoms with E-state index in [0.717, 1.165) is 10.2 Å². The van der Waals surface area contributed by atoms with E-state index in [0.29, 0.717) is 12.5 Å². The van der Waals surface area contributed by atoms with E-state index in [4.69, 9.17) is 16.3 Å². The zero-order chi connectivity index (χ0) is 14.5. The van der Waals surface area contributed by atoms with Gasteiger partial charge in [-0.1, -0.05) is 0 Å². The van der Waals surface area contributed by atoms with Gasteiger partial charge in [-0.15, -0.1) is 11.3 Å². The quantitative estimate of drug-likeness (QED) is 0.830. The van der Waals surface area contributed by atoms with Crippen LogP contribution >= 0.6 is 38.9 Å². The second-order valence-electron chi connectivity index (χ2n) is 4.26. The highest BCUT2D eigenvalue weighted by molar-refractivity contribution is 9.11. The van der Waals surface area contributed by atoms with Crippen LogP contribution in [-0.4, -0.2) is 27.6 Å². The summed E-state index contributed by atoms with van der Waals surface area (Å²) in [6, 6.07) is 4.36. The maximum absolute atomic E-state index is 5.85. The standard InChI is InChI=1S/C12H14BrClN4OS/c1-7(2)19-12-17-10(14)16-11(18-12)15-6-5-8-3-4-9(13)20-8/h3-4,7H,5-6H2,1-2H3,(H,15,16,17,18). The summed E-state index contributed by atoms with van der Waals surface area (Å²) >= 11 is 11.0. The molecular weight excluding hydrogens is 364 g/mol. The van der Waals surface area contributed by atoms with E-state index >= 15 is 0 Å². The Kier molecular flexibility index (Phi) is 5.56. The molecule has 0 saturated heterocycles. The Balaban J connectivity index is 1.93. The Morgan fingerprint density at radius 1 is 1.35 bits per heavy atom. The molecule has 0 fully saturated rings. The third-order valence-corrected chi connectivity index (χ3v) is 4.06. The predicted molar refractivity (Wildman–Crippen MR) is 84.8 cm³/mol. The molecule has 0 bridgehead atoms. The molecule has 5 nitrogen and oxygen atoms in total. The molecule has 0 unspecified atom stereocenters. The summed E-state index contributed by atoms with van der Waals surface area (Å²) in [5.74, 6) is 0.427. The van der Waals surface area contributed by atoms with E-state index in [1.165, 1.54) is 4.88 Å². The average Bonchev–Trinajstić information content (AvgIpc) is 2.73. The fourth-order valence-corrected chi connectivity index (χ4v) is 3.09. The van der Waals surface area contributed by atoms with Gasteiger partial charge in [-0.3, -0.25) is 0 Å². The van der Waals surface area contributed by atoms with Crippen LogP contribution in [0.5, 0.6) is 6.01 Å². The van der Waals surface area contributed by atoms with Crippen molar-refractivity contribution in [2.45, 2.75) is 26.4 Å². The monoisotopic (exact) mass is 376 g/mol. The van der Waals surface area contributed by atoms with Crippen LogP contribution in [0.4, 0.5) is 5.95 Å². The van der Waals surface area contributed by atoms with Crippen LogP contribution in [-0.2, 0) is 6.42 Å². The van der Waals surface area contributed by atoms with Crippen molar-refractivity contribution in [2.24, 2.45) is 0 Å². The summed E-state index contributed by atoms with van der Waals surface area (Å²) in [6.07, 6.45) is 0.879. The van der Waals surface area contributed by atoms with E-state index in [1.54, 1.807) is 11.3 Å². The van der Waals surface area contributed by atoms with Crippen molar-refractivity contribution in [3.8, 4) is 6.01 Å². The molecule has 2 aromatic heterocycles. The highest BCUT2D eigenvalue weighted by Crippen LogP contribution is 2.22. The lowest BCUT2D eigenvalue weighted by molar-refractivity contribution is 0.222. The molecule has 0 aliphatic rings. The number of aromatic nitrogens is 3. The minimum atomic E-state index is -0.00946. The lowest BCUT2D eigenvalue weighted by atomic mass is 10.3. The highest BCUT2D eigenvalue weighted by Gasteiger charge is 2.07. The summed E-state index contributed by atoms with van der Waals surface area (Å²) in [7, 11) is 0. The minimum absolute atomic E-state index is 0.00946. The van der Waals surface area contributed by atoms with Gasteiger partial charge in [-0.2, -0.15) is 15.0 Å². The van der Waals surface area contributed by atoms with Gasteiger partial charge in [0.15, 0.2) is 0 Å². The molecule has 0 spiro atoms. The van der Waals surface area contributed by atoms with Gasteiger partial charge in [-0.05, 0) is 59.9 Å². The lowest BCUT2D eigenvalue weighted by Crippen LogP contribution is -2.12. The number of rotatable bonds is 6. The molecule has 0 aliphatic heterocycles. The number of anilines is 1. The second-order valence-corrected chi connectivity index (χ2v) is 7.15. The first-order valence-electron chi connectivity index (χ1n) is 6.09. The van der Waals surface area contributed by atoms with Crippen LogP contribution in [0.1, 0.15) is 18.7 Å². The Labute approximate surface area is 134 Å². The summed E-state index contributed by atoms with van der Waals surface area (Å²) < 4.78 is 6.54. The molecule has 1 N–H and O–H groups in total. The van der Waals surface area contributed by atoms with Crippen molar-refractivity contribution in [1.82, 2.24) is 15.0 Å². The maximum atomic E-state index is 5.85. The van der Waals surface area contributed by atoms with Gasteiger partial charge in [-0.25, -0.2) is 0 Å². The molecule has 0 radical (unpaired) electrons. The number of ether oxygens (including phenoxy) is 1. The lowest BCUT2D eigenvalue weighted by Gasteiger charge is -2.09. The Bertz CT molecular complexity index is 578. The van der Waals surface area contributed by atoms with E-state index < -0.39 is 0 Å². The highest BCUT2D eigenvalue weighted by atomic mass is 79.9. The first-order valence-corrected chi connectivity index (χ1v) is 8.08. The van der Waals surface area contributed by atoms with Crippen LogP contribution in [0, 0.1) is 0 Å².